The Morgan fingerprint density at radius 3 is 0.750 bits per heavy atom. The minimum Gasteiger partial charge on any atom is -1.00 e. The molecule has 0 heterocycles. The number of hydrogen-bond acceptors (Lipinski definition) is 8. The fourth-order valence-corrected chi connectivity index (χ4v) is 0.841. The summed E-state index contributed by atoms with van der Waals surface area (Å²) in [5.74, 6) is 0.144. The Balaban J connectivity index is -0.0000000120. The molecule has 0 N–H and O–H groups in total. The minimum atomic E-state index is -2.33. The van der Waals surface area contributed by atoms with Crippen molar-refractivity contribution < 1.29 is 48.8 Å². The zero-order valence-electron chi connectivity index (χ0n) is 21.3. The van der Waals surface area contributed by atoms with Crippen molar-refractivity contribution in [1.29, 1.82) is 0 Å². The number of carbonyl (C=O) groups is 2. The van der Waals surface area contributed by atoms with Crippen LogP contribution in [-0.2, 0) is 0 Å². The summed E-state index contributed by atoms with van der Waals surface area (Å²) in [6.45, 7) is 0. The Morgan fingerprint density at radius 1 is 0.536 bits per heavy atom. The van der Waals surface area contributed by atoms with Crippen molar-refractivity contribution in [2.45, 2.75) is 0 Å². The Morgan fingerprint density at radius 2 is 0.679 bits per heavy atom. The molecule has 0 saturated heterocycles. The number of benzene rings is 2. The molecule has 0 saturated carbocycles. The Bertz CT molecular complexity index is 505. The molecular formula is C14H16Ba3Ca3O8. The SMILES string of the molecule is O=C([O-])[O-].O=C([O-])[O-].[Ba+2].[Ba+2].[Ba+2].[Ca+2].[Ca+2].[Ca+2].[H-].[H-].[H-].[H-].[H-].[H-].[O-]c1ccccc1.[O-]c1ccccc1. The van der Waals surface area contributed by atoms with Crippen LogP contribution in [0, 0.1) is 0 Å². The molecule has 0 atom stereocenters. The van der Waals surface area contributed by atoms with Crippen LogP contribution in [0.25, 0.3) is 0 Å². The molecule has 0 aliphatic rings. The van der Waals surface area contributed by atoms with E-state index >= 15 is 0 Å². The van der Waals surface area contributed by atoms with Gasteiger partial charge in [-0.05, 0) is 12.3 Å². The molecule has 0 aliphatic carbocycles. The van der Waals surface area contributed by atoms with E-state index in [1.54, 1.807) is 24.3 Å². The van der Waals surface area contributed by atoms with E-state index in [1.807, 2.05) is 12.1 Å². The quantitative estimate of drug-likeness (QED) is 0.238. The smallest absolute Gasteiger partial charge is 1.00 e. The van der Waals surface area contributed by atoms with Crippen molar-refractivity contribution in [3.05, 3.63) is 60.7 Å². The van der Waals surface area contributed by atoms with Crippen LogP contribution in [0.2, 0.25) is 0 Å². The molecule has 0 spiro atoms. The Kier molecular flexibility index (Phi) is 81.7. The predicted molar refractivity (Wildman–Crippen MR) is 104 cm³/mol. The predicted octanol–water partition coefficient (Wildman–Crippen LogP) is -4.98. The van der Waals surface area contributed by atoms with Gasteiger partial charge in [0, 0.05) is 0 Å². The molecule has 0 aromatic heterocycles. The molecule has 14 heteroatoms. The molecule has 0 radical (unpaired) electrons. The monoisotopic (exact) mass is 846 g/mol. The second-order valence-corrected chi connectivity index (χ2v) is 3.13. The maximum absolute atomic E-state index is 10.3. The first-order valence-corrected chi connectivity index (χ1v) is 5.45. The van der Waals surface area contributed by atoms with E-state index in [-0.39, 0.29) is 280 Å². The topological polar surface area (TPSA) is 172 Å². The summed E-state index contributed by atoms with van der Waals surface area (Å²) in [7, 11) is 0. The number of carbonyl (C=O) groups excluding carboxylic acids is 2. The number of para-hydroxylation sites is 2. The fraction of sp³-hybridized carbons (Fsp3) is 0. The van der Waals surface area contributed by atoms with Crippen molar-refractivity contribution in [3.8, 4) is 11.5 Å². The largest absolute Gasteiger partial charge is 2.00 e. The second kappa shape index (κ2) is 42.3. The molecule has 132 valence electrons. The van der Waals surface area contributed by atoms with Gasteiger partial charge in [0.2, 0.25) is 0 Å². The number of hydrogen-bond donors (Lipinski definition) is 0. The fourth-order valence-electron chi connectivity index (χ4n) is 0.841. The van der Waals surface area contributed by atoms with Crippen LogP contribution in [0.3, 0.4) is 0 Å². The van der Waals surface area contributed by atoms with Crippen molar-refractivity contribution in [2.24, 2.45) is 0 Å². The van der Waals surface area contributed by atoms with E-state index < -0.39 is 12.3 Å². The zero-order chi connectivity index (χ0) is 17.4. The average molecular weight is 844 g/mol. The molecule has 8 nitrogen and oxygen atoms in total. The molecule has 0 bridgehead atoms. The van der Waals surface area contributed by atoms with Crippen LogP contribution in [0.4, 0.5) is 9.59 Å². The van der Waals surface area contributed by atoms with Crippen LogP contribution in [0.1, 0.15) is 8.56 Å². The van der Waals surface area contributed by atoms with Crippen LogP contribution >= 0.6 is 0 Å². The van der Waals surface area contributed by atoms with E-state index in [4.69, 9.17) is 30.0 Å². The number of rotatable bonds is 0. The van der Waals surface area contributed by atoms with E-state index in [1.165, 1.54) is 24.3 Å². The summed E-state index contributed by atoms with van der Waals surface area (Å²) >= 11 is 0. The summed E-state index contributed by atoms with van der Waals surface area (Å²) in [5, 5.41) is 53.9. The van der Waals surface area contributed by atoms with Gasteiger partial charge in [-0.1, -0.05) is 60.7 Å². The van der Waals surface area contributed by atoms with Crippen molar-refractivity contribution >= 4 is 272 Å². The first-order valence-electron chi connectivity index (χ1n) is 5.45. The first-order chi connectivity index (χ1) is 10.3. The second-order valence-electron chi connectivity index (χ2n) is 3.13. The number of carboxylic acid groups (broad SMARTS) is 4. The van der Waals surface area contributed by atoms with E-state index in [0.717, 1.165) is 0 Å². The summed E-state index contributed by atoms with van der Waals surface area (Å²) < 4.78 is 0. The van der Waals surface area contributed by atoms with E-state index in [0.29, 0.717) is 0 Å². The van der Waals surface area contributed by atoms with Crippen molar-refractivity contribution in [3.63, 3.8) is 0 Å². The molecule has 2 rings (SSSR count). The minimum absolute atomic E-state index is 0. The standard InChI is InChI=1S/2C6H6O.2CH2O3.3Ba.3Ca.6H/c2*7-6-4-2-1-3-5-6;2*2-1(3)4;;;;;;;;;;;;/h2*1-5,7H;2*(H2,2,3,4);;;;;;;;;;;;/q;;;;6*+2;6*-1/p-6. The molecule has 28 heavy (non-hydrogen) atoms. The maximum atomic E-state index is 10.3. The third-order valence-electron chi connectivity index (χ3n) is 1.49. The van der Waals surface area contributed by atoms with E-state index in [9.17, 15) is 10.2 Å². The van der Waals surface area contributed by atoms with E-state index in [2.05, 4.69) is 0 Å². The van der Waals surface area contributed by atoms with Crippen LogP contribution in [-0.4, -0.2) is 272 Å². The van der Waals surface area contributed by atoms with Gasteiger partial charge < -0.3 is 48.8 Å². The normalized spacial score (nSPS) is 6.00. The van der Waals surface area contributed by atoms with Gasteiger partial charge in [0.25, 0.3) is 0 Å². The summed E-state index contributed by atoms with van der Waals surface area (Å²) in [5.41, 5.74) is 0. The summed E-state index contributed by atoms with van der Waals surface area (Å²) in [6, 6.07) is 16.7. The summed E-state index contributed by atoms with van der Waals surface area (Å²) in [4.78, 5) is 16.7. The summed E-state index contributed by atoms with van der Waals surface area (Å²) in [6.07, 6.45) is -4.67. The van der Waals surface area contributed by atoms with Gasteiger partial charge in [-0.3, -0.25) is 0 Å². The van der Waals surface area contributed by atoms with Gasteiger partial charge in [0.05, 0.1) is 0 Å². The molecule has 0 amide bonds. The molecule has 2 aromatic rings. The molecule has 2 aromatic carbocycles. The van der Waals surface area contributed by atoms with Gasteiger partial charge in [0.15, 0.2) is 0 Å². The van der Waals surface area contributed by atoms with Crippen LogP contribution in [0.5, 0.6) is 11.5 Å². The zero-order valence-corrected chi connectivity index (χ0v) is 35.2. The van der Waals surface area contributed by atoms with Gasteiger partial charge >= 0.3 is 260 Å². The molecule has 0 unspecified atom stereocenters. The Hall–Kier alpha value is 5.07. The molecular weight excluding hydrogens is 828 g/mol. The third kappa shape index (κ3) is 63.3. The maximum Gasteiger partial charge on any atom is 2.00 e. The van der Waals surface area contributed by atoms with Gasteiger partial charge in [-0.15, -0.1) is 11.5 Å². The van der Waals surface area contributed by atoms with Gasteiger partial charge in [-0.2, -0.15) is 0 Å². The average Bonchev–Trinajstić information content (AvgIpc) is 2.40. The van der Waals surface area contributed by atoms with Gasteiger partial charge in [-0.25, -0.2) is 0 Å². The van der Waals surface area contributed by atoms with Crippen molar-refractivity contribution in [2.75, 3.05) is 0 Å². The first kappa shape index (κ1) is 54.1. The van der Waals surface area contributed by atoms with Crippen LogP contribution in [0.15, 0.2) is 60.7 Å². The van der Waals surface area contributed by atoms with Crippen LogP contribution < -0.4 is 30.6 Å². The van der Waals surface area contributed by atoms with Crippen molar-refractivity contribution in [1.82, 2.24) is 0 Å². The molecule has 0 fully saturated rings. The molecule has 0 aliphatic heterocycles. The Labute approximate surface area is 382 Å². The third-order valence-corrected chi connectivity index (χ3v) is 1.49. The van der Waals surface area contributed by atoms with Gasteiger partial charge in [0.1, 0.15) is 0 Å².